The van der Waals surface area contributed by atoms with Crippen LogP contribution < -0.4 is 9.54 Å². The van der Waals surface area contributed by atoms with Crippen LogP contribution in [-0.4, -0.2) is 36.0 Å². The number of halogens is 5. The number of fused-ring (bicyclic) bond motifs is 1. The van der Waals surface area contributed by atoms with Crippen molar-refractivity contribution < 1.29 is 17.9 Å². The van der Waals surface area contributed by atoms with E-state index < -0.39 is 6.36 Å². The highest BCUT2D eigenvalue weighted by Crippen LogP contribution is 2.28. The molecule has 10 heteroatoms. The zero-order valence-electron chi connectivity index (χ0n) is 12.7. The molecule has 132 valence electrons. The van der Waals surface area contributed by atoms with E-state index in [2.05, 4.69) is 4.74 Å². The van der Waals surface area contributed by atoms with Gasteiger partial charge in [0.2, 0.25) is 0 Å². The van der Waals surface area contributed by atoms with Gasteiger partial charge in [-0.3, -0.25) is 5.41 Å². The second kappa shape index (κ2) is 8.23. The number of benzene rings is 1. The van der Waals surface area contributed by atoms with Crippen molar-refractivity contribution >= 4 is 46.4 Å². The molecule has 4 nitrogen and oxygen atoms in total. The number of alkyl halides is 3. The molecule has 1 N–H and O–H groups in total. The van der Waals surface area contributed by atoms with E-state index >= 15 is 0 Å². The molecule has 0 fully saturated rings. The lowest BCUT2D eigenvalue weighted by Gasteiger charge is -2.20. The highest BCUT2D eigenvalue weighted by molar-refractivity contribution is 7.16. The second-order valence-corrected chi connectivity index (χ2v) is 6.04. The van der Waals surface area contributed by atoms with Crippen LogP contribution in [0.25, 0.3) is 10.2 Å². The third-order valence-electron chi connectivity index (χ3n) is 3.24. The van der Waals surface area contributed by atoms with Gasteiger partial charge in [-0.2, -0.15) is 0 Å². The lowest BCUT2D eigenvalue weighted by molar-refractivity contribution is -0.274. The molecule has 2 aromatic rings. The molecule has 1 aromatic heterocycles. The number of ether oxygens (including phenoxy) is 1. The lowest BCUT2D eigenvalue weighted by atomic mass is 10.3. The predicted octanol–water partition coefficient (Wildman–Crippen LogP) is 3.87. The molecule has 1 aromatic carbocycles. The van der Waals surface area contributed by atoms with Crippen LogP contribution in [0, 0.1) is 5.41 Å². The molecule has 0 aliphatic rings. The van der Waals surface area contributed by atoms with Crippen LogP contribution in [0.4, 0.5) is 13.2 Å². The Morgan fingerprint density at radius 1 is 1.30 bits per heavy atom. The summed E-state index contributed by atoms with van der Waals surface area (Å²) < 4.78 is 43.0. The summed E-state index contributed by atoms with van der Waals surface area (Å²) in [6.45, 7) is 2.63. The van der Waals surface area contributed by atoms with Crippen molar-refractivity contribution in [1.82, 2.24) is 9.47 Å². The average Bonchev–Trinajstić information content (AvgIpc) is 2.63. The van der Waals surface area contributed by atoms with E-state index in [4.69, 9.17) is 5.41 Å². The molecule has 2 rings (SSSR count). The summed E-state index contributed by atoms with van der Waals surface area (Å²) in [7, 11) is 3.89. The van der Waals surface area contributed by atoms with Gasteiger partial charge in [0, 0.05) is 12.6 Å². The van der Waals surface area contributed by atoms with E-state index in [0.29, 0.717) is 16.0 Å². The summed E-state index contributed by atoms with van der Waals surface area (Å²) >= 11 is 1.14. The summed E-state index contributed by atoms with van der Waals surface area (Å²) in [6, 6.07) is 4.37. The van der Waals surface area contributed by atoms with E-state index in [0.717, 1.165) is 16.9 Å². The first kappa shape index (κ1) is 22.0. The molecule has 0 bridgehead atoms. The monoisotopic (exact) mass is 391 g/mol. The van der Waals surface area contributed by atoms with Crippen LogP contribution in [0.2, 0.25) is 0 Å². The number of nitrogens with one attached hydrogen (secondary N) is 1. The van der Waals surface area contributed by atoms with Gasteiger partial charge in [-0.1, -0.05) is 11.3 Å². The topological polar surface area (TPSA) is 41.3 Å². The minimum absolute atomic E-state index is 0. The van der Waals surface area contributed by atoms with Gasteiger partial charge in [-0.25, -0.2) is 0 Å². The second-order valence-electron chi connectivity index (χ2n) is 5.01. The van der Waals surface area contributed by atoms with Crippen LogP contribution in [0.3, 0.4) is 0 Å². The van der Waals surface area contributed by atoms with Gasteiger partial charge in [0.15, 0.2) is 4.80 Å². The molecular formula is C13H18Cl2F3N3OS. The summed E-state index contributed by atoms with van der Waals surface area (Å²) in [5.74, 6) is -0.260. The van der Waals surface area contributed by atoms with Crippen molar-refractivity contribution in [2.24, 2.45) is 0 Å². The van der Waals surface area contributed by atoms with E-state index in [1.807, 2.05) is 25.9 Å². The van der Waals surface area contributed by atoms with Gasteiger partial charge in [0.1, 0.15) is 5.75 Å². The number of hydrogen-bond donors (Lipinski definition) is 1. The lowest BCUT2D eigenvalue weighted by Crippen LogP contribution is -2.32. The Morgan fingerprint density at radius 3 is 2.43 bits per heavy atom. The van der Waals surface area contributed by atoms with Gasteiger partial charge in [0.05, 0.1) is 10.2 Å². The molecule has 0 radical (unpaired) electrons. The number of likely N-dealkylation sites (N-methyl/N-ethyl adjacent to an activating group) is 1. The maximum Gasteiger partial charge on any atom is 0.573 e. The van der Waals surface area contributed by atoms with Gasteiger partial charge in [-0.15, -0.1) is 38.0 Å². The molecule has 0 amide bonds. The van der Waals surface area contributed by atoms with Gasteiger partial charge in [0.25, 0.3) is 0 Å². The molecule has 23 heavy (non-hydrogen) atoms. The summed E-state index contributed by atoms with van der Waals surface area (Å²) in [5.41, 5.74) is 0.744. The van der Waals surface area contributed by atoms with Crippen molar-refractivity contribution in [3.63, 3.8) is 0 Å². The normalized spacial score (nSPS) is 12.7. The SMILES string of the molecule is CC(Cn1c(=N)sc2cc(OC(F)(F)F)ccc21)N(C)C.Cl.Cl. The average molecular weight is 392 g/mol. The molecule has 0 spiro atoms. The Labute approximate surface area is 148 Å². The van der Waals surface area contributed by atoms with Crippen LogP contribution >= 0.6 is 36.2 Å². The third kappa shape index (κ3) is 5.56. The van der Waals surface area contributed by atoms with Crippen molar-refractivity contribution in [3.8, 4) is 5.75 Å². The number of aromatic nitrogens is 1. The molecular weight excluding hydrogens is 374 g/mol. The van der Waals surface area contributed by atoms with Gasteiger partial charge < -0.3 is 14.2 Å². The first-order valence-corrected chi connectivity index (χ1v) is 7.09. The number of thiazole rings is 1. The van der Waals surface area contributed by atoms with Gasteiger partial charge >= 0.3 is 6.36 Å². The highest BCUT2D eigenvalue weighted by Gasteiger charge is 2.31. The minimum Gasteiger partial charge on any atom is -0.406 e. The van der Waals surface area contributed by atoms with Crippen LogP contribution in [0.1, 0.15) is 6.92 Å². The van der Waals surface area contributed by atoms with Crippen LogP contribution in [0.15, 0.2) is 18.2 Å². The maximum atomic E-state index is 12.2. The number of rotatable bonds is 4. The first-order chi connectivity index (χ1) is 9.67. The fourth-order valence-corrected chi connectivity index (χ4v) is 2.82. The minimum atomic E-state index is -4.70. The smallest absolute Gasteiger partial charge is 0.406 e. The molecule has 1 atom stereocenters. The summed E-state index contributed by atoms with van der Waals surface area (Å²) in [6.07, 6.45) is -4.70. The van der Waals surface area contributed by atoms with Crippen LogP contribution in [0.5, 0.6) is 5.75 Å². The molecule has 0 aliphatic heterocycles. The van der Waals surface area contributed by atoms with Gasteiger partial charge in [-0.05, 0) is 39.2 Å². The zero-order valence-corrected chi connectivity index (χ0v) is 15.1. The Hall–Kier alpha value is -0.960. The van der Waals surface area contributed by atoms with Crippen LogP contribution in [-0.2, 0) is 6.54 Å². The van der Waals surface area contributed by atoms with E-state index in [9.17, 15) is 13.2 Å². The first-order valence-electron chi connectivity index (χ1n) is 6.27. The molecule has 0 saturated heterocycles. The summed E-state index contributed by atoms with van der Waals surface area (Å²) in [5, 5.41) is 7.98. The molecule has 0 saturated carbocycles. The maximum absolute atomic E-state index is 12.2. The van der Waals surface area contributed by atoms with Crippen molar-refractivity contribution in [1.29, 1.82) is 5.41 Å². The molecule has 1 heterocycles. The Morgan fingerprint density at radius 2 is 1.91 bits per heavy atom. The molecule has 0 aliphatic carbocycles. The van der Waals surface area contributed by atoms with Crippen molar-refractivity contribution in [2.45, 2.75) is 25.9 Å². The number of hydrogen-bond acceptors (Lipinski definition) is 4. The van der Waals surface area contributed by atoms with E-state index in [1.54, 1.807) is 10.6 Å². The molecule has 1 unspecified atom stereocenters. The third-order valence-corrected chi connectivity index (χ3v) is 4.20. The Balaban J connectivity index is 0.00000242. The largest absolute Gasteiger partial charge is 0.573 e. The van der Waals surface area contributed by atoms with E-state index in [-0.39, 0.29) is 36.6 Å². The highest BCUT2D eigenvalue weighted by atomic mass is 35.5. The Kier molecular flexibility index (Phi) is 7.89. The number of nitrogens with zero attached hydrogens (tertiary/aromatic N) is 2. The quantitative estimate of drug-likeness (QED) is 0.858. The zero-order chi connectivity index (χ0) is 15.8. The standard InChI is InChI=1S/C13H16F3N3OS.2ClH/c1-8(18(2)3)7-19-10-5-4-9(20-13(14,15)16)6-11(10)21-12(19)17;;/h4-6,8,17H,7H2,1-3H3;2*1H. The van der Waals surface area contributed by atoms with Crippen molar-refractivity contribution in [3.05, 3.63) is 23.0 Å². The summed E-state index contributed by atoms with van der Waals surface area (Å²) in [4.78, 5) is 2.33. The Bertz CT molecular complexity index is 700. The van der Waals surface area contributed by atoms with E-state index in [1.165, 1.54) is 12.1 Å². The fourth-order valence-electron chi connectivity index (χ4n) is 1.87. The predicted molar refractivity (Wildman–Crippen MR) is 90.0 cm³/mol. The fraction of sp³-hybridized carbons (Fsp3) is 0.462. The van der Waals surface area contributed by atoms with Crippen molar-refractivity contribution in [2.75, 3.05) is 14.1 Å².